The summed E-state index contributed by atoms with van der Waals surface area (Å²) in [6.07, 6.45) is 0.993. The molecule has 200 valence electrons. The number of imidazole rings is 1. The van der Waals surface area contributed by atoms with E-state index in [0.717, 1.165) is 35.4 Å². The van der Waals surface area contributed by atoms with Crippen molar-refractivity contribution in [2.75, 3.05) is 7.11 Å². The Labute approximate surface area is 217 Å². The van der Waals surface area contributed by atoms with Crippen LogP contribution in [0.1, 0.15) is 35.7 Å². The fraction of sp³-hybridized carbons (Fsp3) is 0.280. The first-order valence-corrected chi connectivity index (χ1v) is 11.9. The van der Waals surface area contributed by atoms with Crippen molar-refractivity contribution in [2.24, 2.45) is 7.05 Å². The zero-order valence-corrected chi connectivity index (χ0v) is 20.6. The molecule has 0 unspecified atom stereocenters. The lowest BCUT2D eigenvalue weighted by molar-refractivity contribution is -0.140. The molecular formula is C25H20F4N8O2. The molecule has 14 heteroatoms. The van der Waals surface area contributed by atoms with Crippen molar-refractivity contribution in [2.45, 2.75) is 31.5 Å². The van der Waals surface area contributed by atoms with Crippen LogP contribution in [0, 0.1) is 5.82 Å². The van der Waals surface area contributed by atoms with E-state index in [9.17, 15) is 18.0 Å². The summed E-state index contributed by atoms with van der Waals surface area (Å²) in [5.74, 6) is 0.102. The van der Waals surface area contributed by atoms with Gasteiger partial charge in [0.2, 0.25) is 11.7 Å². The van der Waals surface area contributed by atoms with Gasteiger partial charge in [0.25, 0.3) is 5.56 Å². The second-order valence-corrected chi connectivity index (χ2v) is 9.21. The lowest BCUT2D eigenvalue weighted by atomic mass is 10.1. The molecule has 0 atom stereocenters. The molecule has 0 radical (unpaired) electrons. The van der Waals surface area contributed by atoms with Crippen LogP contribution in [0.15, 0.2) is 47.8 Å². The Morgan fingerprint density at radius 2 is 1.92 bits per heavy atom. The quantitative estimate of drug-likeness (QED) is 0.302. The van der Waals surface area contributed by atoms with Crippen LogP contribution in [-0.2, 0) is 19.8 Å². The predicted molar refractivity (Wildman–Crippen MR) is 130 cm³/mol. The van der Waals surface area contributed by atoms with E-state index >= 15 is 4.39 Å². The standard InChI is InChI=1S/C25H20F4N8O2/c1-35-11-17(25(27,28)29)32-22(35)15-6-3-13(9-16(15)26)10-36-18(38)7-8-37-24(36)33-21(34-37)19-20(14-4-5-14)30-12-31-23(19)39-2/h3,6-9,11-12,14H,4-5,10H2,1-2H3. The fourth-order valence-electron chi connectivity index (χ4n) is 4.46. The average molecular weight is 540 g/mol. The summed E-state index contributed by atoms with van der Waals surface area (Å²) in [7, 11) is 2.84. The molecule has 10 nitrogen and oxygen atoms in total. The summed E-state index contributed by atoms with van der Waals surface area (Å²) >= 11 is 0. The number of ether oxygens (including phenoxy) is 1. The molecule has 0 aliphatic heterocycles. The van der Waals surface area contributed by atoms with E-state index in [1.54, 1.807) is 0 Å². The Morgan fingerprint density at radius 3 is 2.59 bits per heavy atom. The molecule has 0 amide bonds. The number of aromatic nitrogens is 8. The number of alkyl halides is 3. The third-order valence-electron chi connectivity index (χ3n) is 6.48. The molecule has 1 aliphatic carbocycles. The van der Waals surface area contributed by atoms with Crippen LogP contribution in [0.3, 0.4) is 0 Å². The number of halogens is 4. The van der Waals surface area contributed by atoms with Crippen LogP contribution in [0.2, 0.25) is 0 Å². The molecule has 1 aliphatic rings. The van der Waals surface area contributed by atoms with Crippen molar-refractivity contribution < 1.29 is 22.3 Å². The van der Waals surface area contributed by atoms with Gasteiger partial charge in [-0.05, 0) is 30.5 Å². The topological polar surface area (TPSA) is 105 Å². The monoisotopic (exact) mass is 540 g/mol. The van der Waals surface area contributed by atoms with Gasteiger partial charge in [-0.2, -0.15) is 18.2 Å². The summed E-state index contributed by atoms with van der Waals surface area (Å²) in [5, 5.41) is 4.52. The van der Waals surface area contributed by atoms with Crippen LogP contribution in [-0.4, -0.2) is 45.8 Å². The minimum Gasteiger partial charge on any atom is -0.480 e. The van der Waals surface area contributed by atoms with Crippen molar-refractivity contribution in [3.05, 3.63) is 76.1 Å². The van der Waals surface area contributed by atoms with Crippen LogP contribution < -0.4 is 10.3 Å². The van der Waals surface area contributed by atoms with Gasteiger partial charge in [0.1, 0.15) is 23.5 Å². The molecule has 0 bridgehead atoms. The van der Waals surface area contributed by atoms with Crippen molar-refractivity contribution >= 4 is 5.78 Å². The van der Waals surface area contributed by atoms with Gasteiger partial charge in [-0.3, -0.25) is 9.36 Å². The lowest BCUT2D eigenvalue weighted by Crippen LogP contribution is -2.22. The molecule has 1 saturated carbocycles. The Bertz CT molecular complexity index is 1790. The lowest BCUT2D eigenvalue weighted by Gasteiger charge is -2.09. The number of methoxy groups -OCH3 is 1. The summed E-state index contributed by atoms with van der Waals surface area (Å²) in [5.41, 5.74) is 0.0933. The highest BCUT2D eigenvalue weighted by molar-refractivity contribution is 5.67. The maximum atomic E-state index is 15.1. The van der Waals surface area contributed by atoms with Gasteiger partial charge in [0.05, 0.1) is 24.9 Å². The van der Waals surface area contributed by atoms with E-state index < -0.39 is 23.2 Å². The first-order valence-electron chi connectivity index (χ1n) is 11.9. The Balaban J connectivity index is 1.38. The number of rotatable bonds is 6. The number of nitrogens with zero attached hydrogens (tertiary/aromatic N) is 8. The molecule has 0 saturated heterocycles. The third-order valence-corrected chi connectivity index (χ3v) is 6.48. The second kappa shape index (κ2) is 8.99. The first-order chi connectivity index (χ1) is 18.6. The van der Waals surface area contributed by atoms with Gasteiger partial charge >= 0.3 is 6.18 Å². The Hall–Kier alpha value is -4.62. The molecule has 5 aromatic rings. The van der Waals surface area contributed by atoms with Crippen molar-refractivity contribution in [3.8, 4) is 28.7 Å². The maximum Gasteiger partial charge on any atom is 0.434 e. The Morgan fingerprint density at radius 1 is 1.13 bits per heavy atom. The molecular weight excluding hydrogens is 520 g/mol. The van der Waals surface area contributed by atoms with E-state index in [4.69, 9.17) is 4.74 Å². The van der Waals surface area contributed by atoms with Crippen molar-refractivity contribution in [1.29, 1.82) is 0 Å². The van der Waals surface area contributed by atoms with Gasteiger partial charge in [-0.15, -0.1) is 5.10 Å². The normalized spacial score (nSPS) is 13.8. The highest BCUT2D eigenvalue weighted by Gasteiger charge is 2.35. The van der Waals surface area contributed by atoms with Gasteiger partial charge in [-0.1, -0.05) is 6.07 Å². The molecule has 6 rings (SSSR count). The van der Waals surface area contributed by atoms with Crippen LogP contribution >= 0.6 is 0 Å². The SMILES string of the molecule is COc1ncnc(C2CC2)c1-c1nc2n(Cc3ccc(-c4nc(C(F)(F)F)cn4C)c(F)c3)c(=O)ccn2n1. The molecule has 4 aromatic heterocycles. The highest BCUT2D eigenvalue weighted by atomic mass is 19.4. The molecule has 0 spiro atoms. The van der Waals surface area contributed by atoms with E-state index in [-0.39, 0.29) is 35.5 Å². The van der Waals surface area contributed by atoms with Gasteiger partial charge in [-0.25, -0.2) is 23.9 Å². The van der Waals surface area contributed by atoms with Crippen LogP contribution in [0.4, 0.5) is 17.6 Å². The largest absolute Gasteiger partial charge is 0.480 e. The van der Waals surface area contributed by atoms with Crippen LogP contribution in [0.5, 0.6) is 5.88 Å². The van der Waals surface area contributed by atoms with E-state index in [1.807, 2.05) is 0 Å². The number of hydrogen-bond acceptors (Lipinski definition) is 7. The molecule has 39 heavy (non-hydrogen) atoms. The van der Waals surface area contributed by atoms with E-state index in [2.05, 4.69) is 25.0 Å². The minimum atomic E-state index is -4.65. The summed E-state index contributed by atoms with van der Waals surface area (Å²) in [6.45, 7) is -0.0647. The fourth-order valence-corrected chi connectivity index (χ4v) is 4.46. The average Bonchev–Trinajstić information content (AvgIpc) is 3.54. The van der Waals surface area contributed by atoms with Crippen molar-refractivity contribution in [3.63, 3.8) is 0 Å². The summed E-state index contributed by atoms with van der Waals surface area (Å²) in [6, 6.07) is 5.32. The van der Waals surface area contributed by atoms with E-state index in [1.165, 1.54) is 54.0 Å². The third kappa shape index (κ3) is 4.41. The first kappa shape index (κ1) is 24.7. The number of hydrogen-bond donors (Lipinski definition) is 0. The zero-order chi connectivity index (χ0) is 27.5. The predicted octanol–water partition coefficient (Wildman–Crippen LogP) is 3.84. The van der Waals surface area contributed by atoms with Gasteiger partial charge < -0.3 is 9.30 Å². The molecule has 0 N–H and O–H groups in total. The number of benzene rings is 1. The second-order valence-electron chi connectivity index (χ2n) is 9.21. The maximum absolute atomic E-state index is 15.1. The molecule has 1 aromatic carbocycles. The number of fused-ring (bicyclic) bond motifs is 1. The Kier molecular flexibility index (Phi) is 5.70. The summed E-state index contributed by atoms with van der Waals surface area (Å²) in [4.78, 5) is 29.6. The van der Waals surface area contributed by atoms with Gasteiger partial charge in [0.15, 0.2) is 11.5 Å². The van der Waals surface area contributed by atoms with Crippen molar-refractivity contribution in [1.82, 2.24) is 38.7 Å². The summed E-state index contributed by atoms with van der Waals surface area (Å²) < 4.78 is 63.6. The van der Waals surface area contributed by atoms with Crippen LogP contribution in [0.25, 0.3) is 28.6 Å². The van der Waals surface area contributed by atoms with Gasteiger partial charge in [0, 0.05) is 31.4 Å². The number of aryl methyl sites for hydroxylation is 1. The highest BCUT2D eigenvalue weighted by Crippen LogP contribution is 2.44. The minimum absolute atomic E-state index is 0.0647. The molecule has 4 heterocycles. The zero-order valence-electron chi connectivity index (χ0n) is 20.6. The van der Waals surface area contributed by atoms with E-state index in [0.29, 0.717) is 17.0 Å². The molecule has 1 fully saturated rings. The smallest absolute Gasteiger partial charge is 0.434 e.